The van der Waals surface area contributed by atoms with Gasteiger partial charge in [-0.05, 0) is 77.0 Å². The molecule has 2 aliphatic rings. The van der Waals surface area contributed by atoms with Gasteiger partial charge in [-0.1, -0.05) is 168 Å². The Bertz CT molecular complexity index is 1590. The van der Waals surface area contributed by atoms with Crippen LogP contribution in [0.5, 0.6) is 0 Å². The van der Waals surface area contributed by atoms with Crippen LogP contribution in [0.2, 0.25) is 0 Å². The monoisotopic (exact) mass is 986 g/mol. The van der Waals surface area contributed by atoms with Crippen LogP contribution < -0.4 is 5.32 Å². The van der Waals surface area contributed by atoms with Gasteiger partial charge < -0.3 is 65.1 Å². The van der Waals surface area contributed by atoms with E-state index in [1.165, 1.54) is 19.3 Å². The molecule has 0 aromatic rings. The highest BCUT2D eigenvalue weighted by Gasteiger charge is 2.51. The molecule has 70 heavy (non-hydrogen) atoms. The Balaban J connectivity index is 1.57. The lowest BCUT2D eigenvalue weighted by Gasteiger charge is -2.46. The Kier molecular flexibility index (Phi) is 36.9. The van der Waals surface area contributed by atoms with Crippen molar-refractivity contribution in [1.82, 2.24) is 5.32 Å². The van der Waals surface area contributed by atoms with Gasteiger partial charge in [-0.15, -0.1) is 0 Å². The van der Waals surface area contributed by atoms with Gasteiger partial charge in [0.1, 0.15) is 48.8 Å². The first kappa shape index (κ1) is 62.8. The Hall–Kier alpha value is -3.35. The molecule has 1 amide bonds. The Labute approximate surface area is 419 Å². The third-order valence-electron chi connectivity index (χ3n) is 11.9. The number of aliphatic hydroxyl groups excluding tert-OH is 8. The summed E-state index contributed by atoms with van der Waals surface area (Å²) >= 11 is 0. The van der Waals surface area contributed by atoms with Crippen LogP contribution in [0, 0.1) is 0 Å². The van der Waals surface area contributed by atoms with Gasteiger partial charge >= 0.3 is 0 Å². The van der Waals surface area contributed by atoms with Crippen molar-refractivity contribution in [3.05, 3.63) is 109 Å². The topological polar surface area (TPSA) is 228 Å². The molecule has 14 heteroatoms. The summed E-state index contributed by atoms with van der Waals surface area (Å²) in [5.41, 5.74) is 0. The third kappa shape index (κ3) is 27.5. The number of hydrogen-bond donors (Lipinski definition) is 9. The van der Waals surface area contributed by atoms with Crippen molar-refractivity contribution in [2.24, 2.45) is 0 Å². The summed E-state index contributed by atoms with van der Waals surface area (Å²) < 4.78 is 22.5. The molecule has 2 fully saturated rings. The van der Waals surface area contributed by atoms with E-state index < -0.39 is 86.8 Å². The maximum absolute atomic E-state index is 13.0. The van der Waals surface area contributed by atoms with Gasteiger partial charge in [0.25, 0.3) is 0 Å². The molecule has 9 N–H and O–H groups in total. The lowest BCUT2D eigenvalue weighted by molar-refractivity contribution is -0.359. The van der Waals surface area contributed by atoms with Crippen molar-refractivity contribution in [1.29, 1.82) is 0 Å². The Morgan fingerprint density at radius 1 is 0.529 bits per heavy atom. The lowest BCUT2D eigenvalue weighted by atomic mass is 9.97. The van der Waals surface area contributed by atoms with Crippen molar-refractivity contribution in [2.45, 2.75) is 216 Å². The second kappa shape index (κ2) is 41.2. The number of rotatable bonds is 38. The summed E-state index contributed by atoms with van der Waals surface area (Å²) in [5.74, 6) is -0.267. The molecule has 0 spiro atoms. The second-order valence-electron chi connectivity index (χ2n) is 17.9. The van der Waals surface area contributed by atoms with Crippen LogP contribution >= 0.6 is 0 Å². The molecule has 0 radical (unpaired) electrons. The number of amides is 1. The Morgan fingerprint density at radius 2 is 0.986 bits per heavy atom. The van der Waals surface area contributed by atoms with E-state index in [1.807, 2.05) is 6.92 Å². The highest BCUT2D eigenvalue weighted by Crippen LogP contribution is 2.30. The van der Waals surface area contributed by atoms with Gasteiger partial charge in [-0.25, -0.2) is 0 Å². The van der Waals surface area contributed by atoms with Crippen LogP contribution in [0.1, 0.15) is 142 Å². The molecule has 0 aromatic heterocycles. The number of hydrogen-bond acceptors (Lipinski definition) is 13. The fourth-order valence-electron chi connectivity index (χ4n) is 7.72. The molecule has 12 atom stereocenters. The standard InChI is InChI=1S/C56H91NO13/c1-3-5-7-8-9-10-11-12-13-14-15-16-17-18-19-20-21-22-23-24-25-26-27-28-29-30-31-32-33-34-35-36-38-40-48(61)57-44(45(60)39-37-6-4-2)43-67-55-53(66)51(64)54(47(42-59)69-55)70-56-52(65)50(63)49(62)46(41-58)68-56/h5,7,9-10,12-13,15-16,18-19,21-22,24-25,27-28,37,39,44-47,49-56,58-60,62-66H,3-4,6,8,11,14,17,20,23,26,29-36,38,40-43H2,1-2H3,(H,57,61)/b7-5-,10-9-,13-12-,16-15-,19-18-,22-21-,25-24-,28-27-,39-37+. The van der Waals surface area contributed by atoms with Gasteiger partial charge in [0.05, 0.1) is 32.0 Å². The van der Waals surface area contributed by atoms with Crippen LogP contribution in [0.25, 0.3) is 0 Å². The molecular formula is C56H91NO13. The highest BCUT2D eigenvalue weighted by molar-refractivity contribution is 5.76. The SMILES string of the molecule is CC/C=C\C/C=C\C/C=C\C/C=C\C/C=C\C/C=C\C/C=C\C/C=C\CCCCCCCCCCC(=O)NC(COC1OC(CO)C(OC2OC(CO)C(O)C(O)C2O)C(O)C1O)C(O)/C=C/CCC. The van der Waals surface area contributed by atoms with E-state index in [-0.39, 0.29) is 18.9 Å². The summed E-state index contributed by atoms with van der Waals surface area (Å²) in [6.45, 7) is 2.40. The number of carbonyl (C=O) groups is 1. The van der Waals surface area contributed by atoms with Crippen LogP contribution in [-0.4, -0.2) is 140 Å². The molecule has 0 bridgehead atoms. The molecule has 2 heterocycles. The minimum absolute atomic E-state index is 0.261. The van der Waals surface area contributed by atoms with Crippen molar-refractivity contribution in [3.63, 3.8) is 0 Å². The van der Waals surface area contributed by atoms with Gasteiger partial charge in [0.15, 0.2) is 12.6 Å². The summed E-state index contributed by atoms with van der Waals surface area (Å²) in [4.78, 5) is 13.0. The number of carbonyl (C=O) groups excluding carboxylic acids is 1. The van der Waals surface area contributed by atoms with Gasteiger partial charge in [0, 0.05) is 6.42 Å². The van der Waals surface area contributed by atoms with Gasteiger partial charge in [-0.2, -0.15) is 0 Å². The van der Waals surface area contributed by atoms with E-state index in [4.69, 9.17) is 18.9 Å². The van der Waals surface area contributed by atoms with Crippen molar-refractivity contribution < 1.29 is 64.6 Å². The van der Waals surface area contributed by atoms with Crippen LogP contribution in [0.4, 0.5) is 0 Å². The summed E-state index contributed by atoms with van der Waals surface area (Å²) in [5, 5.41) is 85.9. The zero-order chi connectivity index (χ0) is 51.0. The van der Waals surface area contributed by atoms with E-state index in [9.17, 15) is 45.6 Å². The summed E-state index contributed by atoms with van der Waals surface area (Å²) in [6, 6.07) is -0.922. The molecule has 2 aliphatic heterocycles. The molecule has 0 aliphatic carbocycles. The van der Waals surface area contributed by atoms with Crippen molar-refractivity contribution >= 4 is 5.91 Å². The van der Waals surface area contributed by atoms with Crippen LogP contribution in [0.15, 0.2) is 109 Å². The first-order chi connectivity index (χ1) is 34.1. The van der Waals surface area contributed by atoms with Crippen molar-refractivity contribution in [2.75, 3.05) is 19.8 Å². The van der Waals surface area contributed by atoms with Gasteiger partial charge in [0.2, 0.25) is 5.91 Å². The minimum atomic E-state index is -1.79. The maximum Gasteiger partial charge on any atom is 0.220 e. The molecule has 2 saturated heterocycles. The zero-order valence-corrected chi connectivity index (χ0v) is 42.2. The fraction of sp³-hybridized carbons (Fsp3) is 0.661. The normalized spacial score (nSPS) is 26.9. The molecule has 0 saturated carbocycles. The molecular weight excluding hydrogens is 895 g/mol. The summed E-state index contributed by atoms with van der Waals surface area (Å²) in [6.07, 6.45) is 41.1. The van der Waals surface area contributed by atoms with Crippen molar-refractivity contribution in [3.8, 4) is 0 Å². The van der Waals surface area contributed by atoms with E-state index in [1.54, 1.807) is 12.2 Å². The highest BCUT2D eigenvalue weighted by atomic mass is 16.7. The van der Waals surface area contributed by atoms with E-state index in [2.05, 4.69) is 109 Å². The van der Waals surface area contributed by atoms with E-state index in [0.29, 0.717) is 12.8 Å². The second-order valence-corrected chi connectivity index (χ2v) is 17.9. The molecule has 398 valence electrons. The molecule has 14 nitrogen and oxygen atoms in total. The zero-order valence-electron chi connectivity index (χ0n) is 42.2. The third-order valence-corrected chi connectivity index (χ3v) is 11.9. The van der Waals surface area contributed by atoms with E-state index in [0.717, 1.165) is 89.9 Å². The number of allylic oxidation sites excluding steroid dienone is 17. The van der Waals surface area contributed by atoms with Gasteiger partial charge in [-0.3, -0.25) is 4.79 Å². The van der Waals surface area contributed by atoms with E-state index >= 15 is 0 Å². The first-order valence-electron chi connectivity index (χ1n) is 26.1. The van der Waals surface area contributed by atoms with Crippen LogP contribution in [-0.2, 0) is 23.7 Å². The smallest absolute Gasteiger partial charge is 0.220 e. The first-order valence-corrected chi connectivity index (χ1v) is 26.1. The summed E-state index contributed by atoms with van der Waals surface area (Å²) in [7, 11) is 0. The lowest BCUT2D eigenvalue weighted by Crippen LogP contribution is -2.65. The predicted octanol–water partition coefficient (Wildman–Crippen LogP) is 7.32. The number of unbranched alkanes of at least 4 members (excludes halogenated alkanes) is 9. The molecule has 2 rings (SSSR count). The average Bonchev–Trinajstić information content (AvgIpc) is 3.36. The van der Waals surface area contributed by atoms with Crippen LogP contribution in [0.3, 0.4) is 0 Å². The minimum Gasteiger partial charge on any atom is -0.394 e. The number of nitrogens with one attached hydrogen (secondary N) is 1. The molecule has 12 unspecified atom stereocenters. The average molecular weight is 986 g/mol. The maximum atomic E-state index is 13.0. The molecule has 0 aromatic carbocycles. The Morgan fingerprint density at radius 3 is 1.49 bits per heavy atom. The predicted molar refractivity (Wildman–Crippen MR) is 276 cm³/mol. The fourth-order valence-corrected chi connectivity index (χ4v) is 7.72. The largest absolute Gasteiger partial charge is 0.394 e. The number of ether oxygens (including phenoxy) is 4. The quantitative estimate of drug-likeness (QED) is 0.0219. The number of aliphatic hydroxyl groups is 8.